The van der Waals surface area contributed by atoms with Crippen molar-refractivity contribution >= 4 is 38.2 Å². The van der Waals surface area contributed by atoms with Crippen molar-refractivity contribution in [1.29, 1.82) is 0 Å². The number of ether oxygens (including phenoxy) is 1. The second kappa shape index (κ2) is 7.93. The number of alkyl halides is 3. The summed E-state index contributed by atoms with van der Waals surface area (Å²) in [6.45, 7) is 1.91. The van der Waals surface area contributed by atoms with E-state index in [1.165, 1.54) is 13.3 Å². The van der Waals surface area contributed by atoms with Crippen LogP contribution in [0.2, 0.25) is 0 Å². The van der Waals surface area contributed by atoms with E-state index in [-0.39, 0.29) is 0 Å². The van der Waals surface area contributed by atoms with E-state index in [9.17, 15) is 4.79 Å². The normalized spacial score (nSPS) is 19.6. The second-order valence-electron chi connectivity index (χ2n) is 3.36. The molecule has 0 amide bonds. The van der Waals surface area contributed by atoms with E-state index >= 15 is 0 Å². The Labute approximate surface area is 99.0 Å². The van der Waals surface area contributed by atoms with Crippen molar-refractivity contribution < 1.29 is 9.53 Å². The molecule has 0 aromatic carbocycles. The first-order chi connectivity index (χ1) is 6.83. The molecule has 1 aliphatic heterocycles. The van der Waals surface area contributed by atoms with Gasteiger partial charge in [0.1, 0.15) is 0 Å². The molecule has 0 aliphatic carbocycles. The summed E-state index contributed by atoms with van der Waals surface area (Å²) in [5, 5.41) is 0. The fourth-order valence-corrected chi connectivity index (χ4v) is 6.36. The van der Waals surface area contributed by atoms with E-state index in [0.29, 0.717) is 5.78 Å². The van der Waals surface area contributed by atoms with Crippen LogP contribution in [0.15, 0.2) is 0 Å². The van der Waals surface area contributed by atoms with Crippen LogP contribution in [-0.4, -0.2) is 38.0 Å². The molecule has 0 N–H and O–H groups in total. The Kier molecular flexibility index (Phi) is 7.24. The number of thiol groups is 1. The molecule has 0 bridgehead atoms. The molecule has 0 spiro atoms. The molecule has 14 heavy (non-hydrogen) atoms. The van der Waals surface area contributed by atoms with Crippen LogP contribution in [0.4, 0.5) is 0 Å². The predicted octanol–water partition coefficient (Wildman–Crippen LogP) is 2.19. The van der Waals surface area contributed by atoms with E-state index in [1.54, 1.807) is 0 Å². The Morgan fingerprint density at radius 2 is 2.00 bits per heavy atom. The minimum absolute atomic E-state index is 0.447. The standard InChI is InChI=1S/C10H19IO2S/c12-10(2-1-9-14)3-4-11-5-7-13-8-6-11/h14H,1-9H2. The molecule has 0 aromatic heterocycles. The Bertz CT molecular complexity index is 170. The number of halogens is 1. The molecule has 0 unspecified atom stereocenters. The van der Waals surface area contributed by atoms with Crippen molar-refractivity contribution in [2.75, 3.05) is 32.2 Å². The number of hydrogen-bond acceptors (Lipinski definition) is 3. The van der Waals surface area contributed by atoms with Crippen LogP contribution >= 0.6 is 32.4 Å². The molecule has 1 aliphatic rings. The summed E-state index contributed by atoms with van der Waals surface area (Å²) in [7, 11) is 0. The van der Waals surface area contributed by atoms with Crippen LogP contribution in [0.5, 0.6) is 0 Å². The van der Waals surface area contributed by atoms with Crippen LogP contribution in [0, 0.1) is 0 Å². The number of ketones is 1. The average Bonchev–Trinajstić information content (AvgIpc) is 2.25. The zero-order valence-electron chi connectivity index (χ0n) is 8.51. The van der Waals surface area contributed by atoms with E-state index in [1.807, 2.05) is 0 Å². The third kappa shape index (κ3) is 5.56. The van der Waals surface area contributed by atoms with Gasteiger partial charge in [-0.2, -0.15) is 0 Å². The number of Topliss-reactive ketones (excluding diaryl/α,β-unsaturated/α-hetero) is 1. The molecular formula is C10H19IO2S. The summed E-state index contributed by atoms with van der Waals surface area (Å²) in [6, 6.07) is 0. The van der Waals surface area contributed by atoms with Gasteiger partial charge in [-0.05, 0) is 0 Å². The number of carbonyl (C=O) groups is 1. The molecule has 1 heterocycles. The first-order valence-corrected chi connectivity index (χ1v) is 10.3. The minimum atomic E-state index is -0.748. The van der Waals surface area contributed by atoms with Crippen molar-refractivity contribution in [1.82, 2.24) is 0 Å². The van der Waals surface area contributed by atoms with Crippen LogP contribution in [0.3, 0.4) is 0 Å². The first-order valence-electron chi connectivity index (χ1n) is 5.11. The van der Waals surface area contributed by atoms with Crippen molar-refractivity contribution in [3.63, 3.8) is 0 Å². The SMILES string of the molecule is O=C(CCCS)CCI1CCOCC1. The second-order valence-corrected chi connectivity index (χ2v) is 10.3. The Hall–Kier alpha value is 0.710. The quantitative estimate of drug-likeness (QED) is 0.459. The summed E-state index contributed by atoms with van der Waals surface area (Å²) in [5.74, 6) is 1.28. The van der Waals surface area contributed by atoms with Gasteiger partial charge in [-0.3, -0.25) is 0 Å². The van der Waals surface area contributed by atoms with E-state index in [0.717, 1.165) is 38.2 Å². The Morgan fingerprint density at radius 3 is 2.64 bits per heavy atom. The molecule has 0 saturated carbocycles. The Morgan fingerprint density at radius 1 is 1.29 bits per heavy atom. The van der Waals surface area contributed by atoms with Gasteiger partial charge in [0, 0.05) is 0 Å². The monoisotopic (exact) mass is 330 g/mol. The molecule has 0 atom stereocenters. The van der Waals surface area contributed by atoms with Gasteiger partial charge in [-0.25, -0.2) is 0 Å². The summed E-state index contributed by atoms with van der Waals surface area (Å²) in [5.41, 5.74) is 0. The zero-order chi connectivity index (χ0) is 10.2. The topological polar surface area (TPSA) is 26.3 Å². The summed E-state index contributed by atoms with van der Waals surface area (Å²) in [6.07, 6.45) is 2.52. The summed E-state index contributed by atoms with van der Waals surface area (Å²) < 4.78 is 9.13. The van der Waals surface area contributed by atoms with Crippen molar-refractivity contribution in [3.8, 4) is 0 Å². The van der Waals surface area contributed by atoms with E-state index in [2.05, 4.69) is 12.6 Å². The van der Waals surface area contributed by atoms with Gasteiger partial charge in [0.2, 0.25) is 0 Å². The molecule has 0 aromatic rings. The van der Waals surface area contributed by atoms with Crippen LogP contribution in [-0.2, 0) is 9.53 Å². The fraction of sp³-hybridized carbons (Fsp3) is 0.900. The summed E-state index contributed by atoms with van der Waals surface area (Å²) >= 11 is 3.36. The van der Waals surface area contributed by atoms with Crippen LogP contribution in [0.25, 0.3) is 0 Å². The third-order valence-electron chi connectivity index (χ3n) is 2.23. The molecule has 1 fully saturated rings. The van der Waals surface area contributed by atoms with Crippen molar-refractivity contribution in [3.05, 3.63) is 0 Å². The number of rotatable bonds is 6. The maximum atomic E-state index is 11.4. The van der Waals surface area contributed by atoms with Gasteiger partial charge in [0.15, 0.2) is 0 Å². The first kappa shape index (κ1) is 12.8. The maximum absolute atomic E-state index is 11.4. The number of hydrogen-bond donors (Lipinski definition) is 1. The number of carbonyl (C=O) groups excluding carboxylic acids is 1. The molecule has 0 radical (unpaired) electrons. The molecule has 1 saturated heterocycles. The van der Waals surface area contributed by atoms with Gasteiger partial charge in [-0.15, -0.1) is 0 Å². The molecule has 4 heteroatoms. The molecule has 1 rings (SSSR count). The fourth-order valence-electron chi connectivity index (χ4n) is 1.35. The molecular weight excluding hydrogens is 311 g/mol. The Balaban J connectivity index is 2.03. The van der Waals surface area contributed by atoms with Gasteiger partial charge >= 0.3 is 99.3 Å². The van der Waals surface area contributed by atoms with Gasteiger partial charge < -0.3 is 0 Å². The predicted molar refractivity (Wildman–Crippen MR) is 72.2 cm³/mol. The molecule has 84 valence electrons. The van der Waals surface area contributed by atoms with E-state index in [4.69, 9.17) is 4.74 Å². The van der Waals surface area contributed by atoms with Crippen LogP contribution in [0.1, 0.15) is 19.3 Å². The molecule has 2 nitrogen and oxygen atoms in total. The average molecular weight is 330 g/mol. The van der Waals surface area contributed by atoms with Gasteiger partial charge in [0.05, 0.1) is 0 Å². The zero-order valence-corrected chi connectivity index (χ0v) is 11.6. The van der Waals surface area contributed by atoms with Gasteiger partial charge in [0.25, 0.3) is 0 Å². The summed E-state index contributed by atoms with van der Waals surface area (Å²) in [4.78, 5) is 11.4. The van der Waals surface area contributed by atoms with Gasteiger partial charge in [-0.1, -0.05) is 0 Å². The van der Waals surface area contributed by atoms with Crippen molar-refractivity contribution in [2.24, 2.45) is 0 Å². The van der Waals surface area contributed by atoms with E-state index < -0.39 is 19.8 Å². The van der Waals surface area contributed by atoms with Crippen LogP contribution < -0.4 is 0 Å². The van der Waals surface area contributed by atoms with Crippen molar-refractivity contribution in [2.45, 2.75) is 19.3 Å². The third-order valence-corrected chi connectivity index (χ3v) is 8.54.